The van der Waals surface area contributed by atoms with Gasteiger partial charge in [-0.2, -0.15) is 5.26 Å². The van der Waals surface area contributed by atoms with E-state index in [2.05, 4.69) is 20.9 Å². The Hall–Kier alpha value is -1.80. The average molecular weight is 271 g/mol. The van der Waals surface area contributed by atoms with E-state index in [-0.39, 0.29) is 0 Å². The second-order valence-corrected chi connectivity index (χ2v) is 5.82. The van der Waals surface area contributed by atoms with E-state index in [0.717, 1.165) is 24.8 Å². The molecule has 2 saturated heterocycles. The highest BCUT2D eigenvalue weighted by atomic mass is 15.2. The smallest absolute Gasteiger partial charge is 0.143 e. The molecule has 20 heavy (non-hydrogen) atoms. The van der Waals surface area contributed by atoms with Crippen LogP contribution in [0.1, 0.15) is 24.8 Å². The fraction of sp³-hybridized carbons (Fsp3) is 0.600. The Labute approximate surface area is 120 Å². The van der Waals surface area contributed by atoms with E-state index in [1.54, 1.807) is 6.07 Å². The molecule has 0 saturated carbocycles. The highest BCUT2D eigenvalue weighted by Gasteiger charge is 2.26. The van der Waals surface area contributed by atoms with Gasteiger partial charge in [0.1, 0.15) is 17.7 Å². The van der Waals surface area contributed by atoms with Crippen LogP contribution >= 0.6 is 0 Å². The molecule has 2 aliphatic rings. The SMILES string of the molecule is N#Cc1ccc(N2CCC(CN3CCCC3)C2)nc1N. The summed E-state index contributed by atoms with van der Waals surface area (Å²) >= 11 is 0. The molecule has 1 unspecified atom stereocenters. The van der Waals surface area contributed by atoms with Gasteiger partial charge in [-0.05, 0) is 50.4 Å². The normalized spacial score (nSPS) is 23.1. The molecule has 1 atom stereocenters. The van der Waals surface area contributed by atoms with Gasteiger partial charge in [0.15, 0.2) is 0 Å². The molecule has 0 amide bonds. The number of rotatable bonds is 3. The highest BCUT2D eigenvalue weighted by molar-refractivity contribution is 5.55. The molecule has 2 aliphatic heterocycles. The Bertz CT molecular complexity index is 515. The first-order chi connectivity index (χ1) is 9.76. The Morgan fingerprint density at radius 1 is 1.30 bits per heavy atom. The molecule has 0 aromatic carbocycles. The van der Waals surface area contributed by atoms with Crippen LogP contribution in [-0.2, 0) is 0 Å². The maximum Gasteiger partial charge on any atom is 0.143 e. The number of nitrogens with two attached hydrogens (primary N) is 1. The topological polar surface area (TPSA) is 69.2 Å². The molecule has 5 heteroatoms. The lowest BCUT2D eigenvalue weighted by atomic mass is 10.1. The van der Waals surface area contributed by atoms with Crippen LogP contribution in [0.2, 0.25) is 0 Å². The van der Waals surface area contributed by atoms with Gasteiger partial charge >= 0.3 is 0 Å². The van der Waals surface area contributed by atoms with E-state index in [4.69, 9.17) is 11.0 Å². The minimum atomic E-state index is 0.341. The lowest BCUT2D eigenvalue weighted by Gasteiger charge is -2.21. The van der Waals surface area contributed by atoms with Crippen molar-refractivity contribution in [1.82, 2.24) is 9.88 Å². The van der Waals surface area contributed by atoms with Crippen LogP contribution in [0.15, 0.2) is 12.1 Å². The van der Waals surface area contributed by atoms with Crippen LogP contribution in [0.3, 0.4) is 0 Å². The quantitative estimate of drug-likeness (QED) is 0.901. The average Bonchev–Trinajstić information content (AvgIpc) is 3.11. The Morgan fingerprint density at radius 3 is 2.80 bits per heavy atom. The van der Waals surface area contributed by atoms with Gasteiger partial charge in [-0.25, -0.2) is 4.98 Å². The molecule has 106 valence electrons. The first-order valence-electron chi connectivity index (χ1n) is 7.40. The van der Waals surface area contributed by atoms with Gasteiger partial charge in [-0.3, -0.25) is 0 Å². The molecule has 0 spiro atoms. The molecule has 1 aromatic heterocycles. The molecule has 2 N–H and O–H groups in total. The summed E-state index contributed by atoms with van der Waals surface area (Å²) in [4.78, 5) is 9.23. The van der Waals surface area contributed by atoms with E-state index >= 15 is 0 Å². The minimum absolute atomic E-state index is 0.341. The predicted molar refractivity (Wildman–Crippen MR) is 79.4 cm³/mol. The molecule has 0 aliphatic carbocycles. The van der Waals surface area contributed by atoms with E-state index in [1.807, 2.05) is 6.07 Å². The van der Waals surface area contributed by atoms with Gasteiger partial charge in [-0.1, -0.05) is 0 Å². The molecule has 1 aromatic rings. The van der Waals surface area contributed by atoms with Crippen molar-refractivity contribution in [3.63, 3.8) is 0 Å². The van der Waals surface area contributed by atoms with Crippen molar-refractivity contribution >= 4 is 11.6 Å². The van der Waals surface area contributed by atoms with Crippen LogP contribution < -0.4 is 10.6 Å². The number of aromatic nitrogens is 1. The minimum Gasteiger partial charge on any atom is -0.383 e. The summed E-state index contributed by atoms with van der Waals surface area (Å²) in [5.41, 5.74) is 6.26. The Balaban J connectivity index is 1.61. The van der Waals surface area contributed by atoms with Crippen LogP contribution in [-0.4, -0.2) is 42.6 Å². The predicted octanol–water partition coefficient (Wildman–Crippen LogP) is 1.46. The number of hydrogen-bond acceptors (Lipinski definition) is 5. The van der Waals surface area contributed by atoms with Gasteiger partial charge in [0, 0.05) is 19.6 Å². The van der Waals surface area contributed by atoms with Crippen molar-refractivity contribution in [1.29, 1.82) is 5.26 Å². The van der Waals surface area contributed by atoms with E-state index in [0.29, 0.717) is 11.4 Å². The fourth-order valence-electron chi connectivity index (χ4n) is 3.25. The van der Waals surface area contributed by atoms with Crippen molar-refractivity contribution in [2.45, 2.75) is 19.3 Å². The van der Waals surface area contributed by atoms with Crippen molar-refractivity contribution < 1.29 is 0 Å². The standard InChI is InChI=1S/C15H21N5/c16-9-13-3-4-14(18-15(13)17)20-8-5-12(11-20)10-19-6-1-2-7-19/h3-4,12H,1-2,5-8,10-11H2,(H2,17,18). The summed E-state index contributed by atoms with van der Waals surface area (Å²) in [5, 5.41) is 8.89. The largest absolute Gasteiger partial charge is 0.383 e. The van der Waals surface area contributed by atoms with Crippen LogP contribution in [0.5, 0.6) is 0 Å². The lowest BCUT2D eigenvalue weighted by molar-refractivity contribution is 0.289. The number of nitrogens with zero attached hydrogens (tertiary/aromatic N) is 4. The van der Waals surface area contributed by atoms with Crippen LogP contribution in [0.25, 0.3) is 0 Å². The molecule has 3 rings (SSSR count). The van der Waals surface area contributed by atoms with E-state index in [9.17, 15) is 0 Å². The molecule has 2 fully saturated rings. The molecular weight excluding hydrogens is 250 g/mol. The maximum absolute atomic E-state index is 8.89. The summed E-state index contributed by atoms with van der Waals surface area (Å²) in [6, 6.07) is 5.74. The molecule has 0 radical (unpaired) electrons. The van der Waals surface area contributed by atoms with Crippen molar-refractivity contribution in [3.8, 4) is 6.07 Å². The first-order valence-corrected chi connectivity index (χ1v) is 7.40. The number of hydrogen-bond donors (Lipinski definition) is 1. The Morgan fingerprint density at radius 2 is 2.10 bits per heavy atom. The number of nitrogen functional groups attached to an aromatic ring is 1. The van der Waals surface area contributed by atoms with Gasteiger partial charge < -0.3 is 15.5 Å². The summed E-state index contributed by atoms with van der Waals surface area (Å²) in [6.07, 6.45) is 3.92. The zero-order chi connectivity index (χ0) is 13.9. The molecule has 5 nitrogen and oxygen atoms in total. The first kappa shape index (κ1) is 13.2. The van der Waals surface area contributed by atoms with Crippen molar-refractivity contribution in [3.05, 3.63) is 17.7 Å². The molecule has 0 bridgehead atoms. The van der Waals surface area contributed by atoms with Gasteiger partial charge in [0.05, 0.1) is 5.56 Å². The third kappa shape index (κ3) is 2.70. The molecule has 3 heterocycles. The third-order valence-electron chi connectivity index (χ3n) is 4.36. The van der Waals surface area contributed by atoms with E-state index in [1.165, 1.54) is 38.9 Å². The lowest BCUT2D eigenvalue weighted by Crippen LogP contribution is -2.29. The van der Waals surface area contributed by atoms with Crippen molar-refractivity contribution in [2.75, 3.05) is 43.4 Å². The maximum atomic E-state index is 8.89. The van der Waals surface area contributed by atoms with Gasteiger partial charge in [0.25, 0.3) is 0 Å². The fourth-order valence-corrected chi connectivity index (χ4v) is 3.25. The van der Waals surface area contributed by atoms with Gasteiger partial charge in [-0.15, -0.1) is 0 Å². The second-order valence-electron chi connectivity index (χ2n) is 5.82. The second kappa shape index (κ2) is 5.68. The number of anilines is 2. The van der Waals surface area contributed by atoms with Crippen molar-refractivity contribution in [2.24, 2.45) is 5.92 Å². The van der Waals surface area contributed by atoms with Crippen LogP contribution in [0, 0.1) is 17.2 Å². The van der Waals surface area contributed by atoms with E-state index < -0.39 is 0 Å². The summed E-state index contributed by atoms with van der Waals surface area (Å²) in [5.74, 6) is 1.98. The highest BCUT2D eigenvalue weighted by Crippen LogP contribution is 2.25. The zero-order valence-corrected chi connectivity index (χ0v) is 11.8. The third-order valence-corrected chi connectivity index (χ3v) is 4.36. The zero-order valence-electron chi connectivity index (χ0n) is 11.8. The Kier molecular flexibility index (Phi) is 3.75. The number of nitriles is 1. The number of likely N-dealkylation sites (tertiary alicyclic amines) is 1. The summed E-state index contributed by atoms with van der Waals surface area (Å²) < 4.78 is 0. The monoisotopic (exact) mass is 271 g/mol. The van der Waals surface area contributed by atoms with Gasteiger partial charge in [0.2, 0.25) is 0 Å². The summed E-state index contributed by atoms with van der Waals surface area (Å²) in [6.45, 7) is 5.82. The van der Waals surface area contributed by atoms with Crippen LogP contribution in [0.4, 0.5) is 11.6 Å². The summed E-state index contributed by atoms with van der Waals surface area (Å²) in [7, 11) is 0. The molecular formula is C15H21N5. The number of pyridine rings is 1.